The van der Waals surface area contributed by atoms with Crippen molar-refractivity contribution >= 4 is 34.8 Å². The van der Waals surface area contributed by atoms with E-state index in [2.05, 4.69) is 4.98 Å². The zero-order valence-corrected chi connectivity index (χ0v) is 10.4. The molecule has 1 aliphatic heterocycles. The molecule has 1 aromatic heterocycles. The van der Waals surface area contributed by atoms with Crippen LogP contribution in [0.5, 0.6) is 0 Å². The summed E-state index contributed by atoms with van der Waals surface area (Å²) in [6.07, 6.45) is 1.47. The molecule has 2 aromatic rings. The van der Waals surface area contributed by atoms with Crippen LogP contribution in [-0.2, 0) is 0 Å². The normalized spacial score (nSPS) is 13.8. The molecule has 2 heterocycles. The van der Waals surface area contributed by atoms with E-state index in [1.165, 1.54) is 12.3 Å². The fourth-order valence-electron chi connectivity index (χ4n) is 2.01. The molecule has 0 saturated carbocycles. The molecule has 0 atom stereocenters. The maximum atomic E-state index is 12.2. The van der Waals surface area contributed by atoms with Gasteiger partial charge in [-0.15, -0.1) is 0 Å². The Labute approximate surface area is 113 Å². The number of carbonyl (C=O) groups excluding carboxylic acids is 2. The van der Waals surface area contributed by atoms with Gasteiger partial charge >= 0.3 is 0 Å². The number of imide groups is 1. The lowest BCUT2D eigenvalue weighted by Gasteiger charge is -2.15. The highest BCUT2D eigenvalue weighted by Gasteiger charge is 2.38. The number of pyridine rings is 1. The number of fused-ring (bicyclic) bond motifs is 1. The van der Waals surface area contributed by atoms with Gasteiger partial charge in [0.15, 0.2) is 0 Å². The Kier molecular flexibility index (Phi) is 2.50. The molecule has 1 aliphatic rings. The molecule has 0 aliphatic carbocycles. The first-order chi connectivity index (χ1) is 9.09. The summed E-state index contributed by atoms with van der Waals surface area (Å²) in [6, 6.07) is 7.78. The third-order valence-electron chi connectivity index (χ3n) is 2.88. The molecule has 6 heteroatoms. The van der Waals surface area contributed by atoms with E-state index in [9.17, 15) is 9.59 Å². The number of carbonyl (C=O) groups is 2. The van der Waals surface area contributed by atoms with E-state index < -0.39 is 11.8 Å². The number of amides is 2. The van der Waals surface area contributed by atoms with Gasteiger partial charge in [-0.2, -0.15) is 0 Å². The zero-order chi connectivity index (χ0) is 13.6. The second kappa shape index (κ2) is 4.07. The molecule has 0 bridgehead atoms. The predicted octanol–water partition coefficient (Wildman–Crippen LogP) is 2.12. The van der Waals surface area contributed by atoms with Crippen LogP contribution in [0.2, 0.25) is 5.02 Å². The predicted molar refractivity (Wildman–Crippen MR) is 71.2 cm³/mol. The number of hydrogen-bond donors (Lipinski definition) is 1. The number of nitrogens with two attached hydrogens (primary N) is 1. The number of benzene rings is 1. The Hall–Kier alpha value is -2.40. The van der Waals surface area contributed by atoms with E-state index in [0.29, 0.717) is 10.7 Å². The quantitative estimate of drug-likeness (QED) is 0.638. The van der Waals surface area contributed by atoms with Crippen molar-refractivity contribution < 1.29 is 9.59 Å². The van der Waals surface area contributed by atoms with E-state index in [0.717, 1.165) is 4.90 Å². The highest BCUT2D eigenvalue weighted by Crippen LogP contribution is 2.32. The van der Waals surface area contributed by atoms with Crippen LogP contribution < -0.4 is 10.6 Å². The highest BCUT2D eigenvalue weighted by molar-refractivity contribution is 6.35. The number of anilines is 2. The largest absolute Gasteiger partial charge is 0.397 e. The van der Waals surface area contributed by atoms with Crippen LogP contribution in [0.15, 0.2) is 36.5 Å². The molecule has 0 radical (unpaired) electrons. The van der Waals surface area contributed by atoms with E-state index in [-0.39, 0.29) is 16.9 Å². The Morgan fingerprint density at radius 1 is 1.16 bits per heavy atom. The number of rotatable bonds is 1. The van der Waals surface area contributed by atoms with Crippen molar-refractivity contribution in [1.82, 2.24) is 4.98 Å². The van der Waals surface area contributed by atoms with Gasteiger partial charge in [0.2, 0.25) is 0 Å². The Morgan fingerprint density at radius 2 is 1.95 bits per heavy atom. The first kappa shape index (κ1) is 11.7. The van der Waals surface area contributed by atoms with Crippen LogP contribution in [0, 0.1) is 0 Å². The summed E-state index contributed by atoms with van der Waals surface area (Å²) in [5.74, 6) is -0.906. The second-order valence-corrected chi connectivity index (χ2v) is 4.48. The molecule has 19 heavy (non-hydrogen) atoms. The molecule has 0 fully saturated rings. The van der Waals surface area contributed by atoms with Crippen LogP contribution in [0.25, 0.3) is 0 Å². The van der Waals surface area contributed by atoms with Crippen LogP contribution in [0.4, 0.5) is 11.4 Å². The Morgan fingerprint density at radius 3 is 2.63 bits per heavy atom. The maximum absolute atomic E-state index is 12.2. The smallest absolute Gasteiger partial charge is 0.284 e. The second-order valence-electron chi connectivity index (χ2n) is 4.05. The van der Waals surface area contributed by atoms with Gasteiger partial charge < -0.3 is 5.73 Å². The molecule has 5 nitrogen and oxygen atoms in total. The Balaban J connectivity index is 2.14. The monoisotopic (exact) mass is 273 g/mol. The molecule has 1 aromatic carbocycles. The maximum Gasteiger partial charge on any atom is 0.284 e. The summed E-state index contributed by atoms with van der Waals surface area (Å²) < 4.78 is 0. The summed E-state index contributed by atoms with van der Waals surface area (Å²) in [6.45, 7) is 0. The number of aromatic nitrogens is 1. The molecule has 2 amide bonds. The van der Waals surface area contributed by atoms with Crippen LogP contribution >= 0.6 is 11.6 Å². The standard InChI is InChI=1S/C13H8ClN3O2/c14-7-3-4-10(9(15)6-7)17-12(18)8-2-1-5-16-11(8)13(17)19/h1-6H,15H2. The number of nitrogen functional groups attached to an aromatic ring is 1. The van der Waals surface area contributed by atoms with E-state index in [4.69, 9.17) is 17.3 Å². The van der Waals surface area contributed by atoms with Crippen LogP contribution in [0.3, 0.4) is 0 Å². The fourth-order valence-corrected chi connectivity index (χ4v) is 2.20. The van der Waals surface area contributed by atoms with E-state index in [1.54, 1.807) is 24.3 Å². The zero-order valence-electron chi connectivity index (χ0n) is 9.63. The highest BCUT2D eigenvalue weighted by atomic mass is 35.5. The summed E-state index contributed by atoms with van der Waals surface area (Å²) in [5, 5.41) is 0.441. The van der Waals surface area contributed by atoms with Crippen molar-refractivity contribution in [2.24, 2.45) is 0 Å². The van der Waals surface area contributed by atoms with Gasteiger partial charge in [0.1, 0.15) is 5.69 Å². The average Bonchev–Trinajstić information content (AvgIpc) is 2.64. The molecular weight excluding hydrogens is 266 g/mol. The van der Waals surface area contributed by atoms with Gasteiger partial charge in [-0.1, -0.05) is 11.6 Å². The van der Waals surface area contributed by atoms with Crippen molar-refractivity contribution in [2.75, 3.05) is 10.6 Å². The van der Waals surface area contributed by atoms with Gasteiger partial charge in [-0.05, 0) is 30.3 Å². The molecule has 0 unspecified atom stereocenters. The third kappa shape index (κ3) is 1.67. The Bertz CT molecular complexity index is 680. The van der Waals surface area contributed by atoms with Gasteiger partial charge in [-0.3, -0.25) is 14.6 Å². The van der Waals surface area contributed by atoms with Crippen molar-refractivity contribution in [2.45, 2.75) is 0 Å². The van der Waals surface area contributed by atoms with E-state index in [1.807, 2.05) is 0 Å². The number of hydrogen-bond acceptors (Lipinski definition) is 4. The lowest BCUT2D eigenvalue weighted by Crippen LogP contribution is -2.30. The van der Waals surface area contributed by atoms with Crippen LogP contribution in [0.1, 0.15) is 20.8 Å². The van der Waals surface area contributed by atoms with Gasteiger partial charge in [0, 0.05) is 11.2 Å². The summed E-state index contributed by atoms with van der Waals surface area (Å²) in [5.41, 5.74) is 6.81. The molecular formula is C13H8ClN3O2. The minimum atomic E-state index is -0.477. The molecule has 0 saturated heterocycles. The average molecular weight is 274 g/mol. The summed E-state index contributed by atoms with van der Waals surface area (Å²) in [4.78, 5) is 29.4. The molecule has 2 N–H and O–H groups in total. The topological polar surface area (TPSA) is 76.3 Å². The first-order valence-corrected chi connectivity index (χ1v) is 5.86. The van der Waals surface area contributed by atoms with Gasteiger partial charge in [0.05, 0.1) is 16.9 Å². The van der Waals surface area contributed by atoms with Crippen molar-refractivity contribution in [3.8, 4) is 0 Å². The molecule has 3 rings (SSSR count). The molecule has 0 spiro atoms. The summed E-state index contributed by atoms with van der Waals surface area (Å²) in [7, 11) is 0. The van der Waals surface area contributed by atoms with Gasteiger partial charge in [-0.25, -0.2) is 4.90 Å². The van der Waals surface area contributed by atoms with Crippen molar-refractivity contribution in [3.05, 3.63) is 52.8 Å². The van der Waals surface area contributed by atoms with Crippen molar-refractivity contribution in [1.29, 1.82) is 0 Å². The minimum Gasteiger partial charge on any atom is -0.397 e. The SMILES string of the molecule is Nc1cc(Cl)ccc1N1C(=O)c2cccnc2C1=O. The lowest BCUT2D eigenvalue weighted by atomic mass is 10.2. The third-order valence-corrected chi connectivity index (χ3v) is 3.11. The fraction of sp³-hybridized carbons (Fsp3) is 0. The molecule has 94 valence electrons. The van der Waals surface area contributed by atoms with Gasteiger partial charge in [0.25, 0.3) is 11.8 Å². The van der Waals surface area contributed by atoms with Crippen molar-refractivity contribution in [3.63, 3.8) is 0 Å². The number of nitrogens with zero attached hydrogens (tertiary/aromatic N) is 2. The van der Waals surface area contributed by atoms with Crippen LogP contribution in [-0.4, -0.2) is 16.8 Å². The first-order valence-electron chi connectivity index (χ1n) is 5.48. The lowest BCUT2D eigenvalue weighted by molar-refractivity contribution is 0.0925. The number of halogens is 1. The minimum absolute atomic E-state index is 0.141. The van der Waals surface area contributed by atoms with E-state index >= 15 is 0 Å². The summed E-state index contributed by atoms with van der Waals surface area (Å²) >= 11 is 5.80.